The predicted molar refractivity (Wildman–Crippen MR) is 64.8 cm³/mol. The summed E-state index contributed by atoms with van der Waals surface area (Å²) in [7, 11) is 4.17. The maximum atomic E-state index is 10.3. The number of nitrogens with two attached hydrogens (primary N) is 1. The quantitative estimate of drug-likeness (QED) is 0.312. The summed E-state index contributed by atoms with van der Waals surface area (Å²) in [4.78, 5) is 12.2. The van der Waals surface area contributed by atoms with Crippen LogP contribution in [0.3, 0.4) is 0 Å². The van der Waals surface area contributed by atoms with Gasteiger partial charge in [-0.25, -0.2) is 0 Å². The van der Waals surface area contributed by atoms with Crippen molar-refractivity contribution in [2.24, 2.45) is 5.73 Å². The van der Waals surface area contributed by atoms with Crippen LogP contribution in [0.15, 0.2) is 0 Å². The Balaban J connectivity index is 3.99. The Morgan fingerprint density at radius 1 is 1.50 bits per heavy atom. The molecule has 0 rings (SSSR count). The zero-order valence-corrected chi connectivity index (χ0v) is 10.7. The van der Waals surface area contributed by atoms with E-state index in [4.69, 9.17) is 5.73 Å². The van der Waals surface area contributed by atoms with Crippen molar-refractivity contribution in [1.29, 1.82) is 0 Å². The van der Waals surface area contributed by atoms with Crippen molar-refractivity contribution < 1.29 is 14.4 Å². The summed E-state index contributed by atoms with van der Waals surface area (Å²) in [5, 5.41) is 9.92. The van der Waals surface area contributed by atoms with Crippen molar-refractivity contribution in [3.63, 3.8) is 0 Å². The standard InChI is InChI=1S/C11H26N3O2/c1-4-14(2,3)9-11(16)8-13(10-12)6-5-7-15/h7,11,16H,4-6,8-10,12H2,1-3H3/q+1. The number of aldehydes is 1. The van der Waals surface area contributed by atoms with E-state index in [-0.39, 0.29) is 0 Å². The summed E-state index contributed by atoms with van der Waals surface area (Å²) in [6.45, 7) is 5.31. The summed E-state index contributed by atoms with van der Waals surface area (Å²) >= 11 is 0. The average molecular weight is 232 g/mol. The molecule has 1 atom stereocenters. The smallest absolute Gasteiger partial charge is 0.121 e. The van der Waals surface area contributed by atoms with Crippen LogP contribution in [0.2, 0.25) is 0 Å². The zero-order valence-electron chi connectivity index (χ0n) is 10.7. The van der Waals surface area contributed by atoms with Crippen LogP contribution >= 0.6 is 0 Å². The van der Waals surface area contributed by atoms with Gasteiger partial charge in [-0.05, 0) is 6.92 Å². The molecule has 16 heavy (non-hydrogen) atoms. The van der Waals surface area contributed by atoms with E-state index in [9.17, 15) is 9.90 Å². The Morgan fingerprint density at radius 3 is 2.56 bits per heavy atom. The molecular formula is C11H26N3O2+. The third-order valence-corrected chi connectivity index (χ3v) is 2.85. The maximum absolute atomic E-state index is 10.3. The SMILES string of the molecule is CC[N+](C)(C)CC(O)CN(CN)CCC=O. The van der Waals surface area contributed by atoms with Crippen LogP contribution in [-0.2, 0) is 4.79 Å². The summed E-state index contributed by atoms with van der Waals surface area (Å²) in [5.41, 5.74) is 5.55. The van der Waals surface area contributed by atoms with E-state index in [1.165, 1.54) is 0 Å². The highest BCUT2D eigenvalue weighted by Gasteiger charge is 2.20. The highest BCUT2D eigenvalue weighted by molar-refractivity contribution is 5.49. The number of likely N-dealkylation sites (N-methyl/N-ethyl adjacent to an activating group) is 1. The van der Waals surface area contributed by atoms with Crippen LogP contribution in [0.5, 0.6) is 0 Å². The summed E-state index contributed by atoms with van der Waals surface area (Å²) in [6.07, 6.45) is 0.946. The average Bonchev–Trinajstić information content (AvgIpc) is 2.23. The van der Waals surface area contributed by atoms with Gasteiger partial charge >= 0.3 is 0 Å². The van der Waals surface area contributed by atoms with E-state index >= 15 is 0 Å². The second kappa shape index (κ2) is 7.73. The van der Waals surface area contributed by atoms with E-state index in [0.717, 1.165) is 17.3 Å². The van der Waals surface area contributed by atoms with Crippen molar-refractivity contribution in [3.05, 3.63) is 0 Å². The van der Waals surface area contributed by atoms with E-state index < -0.39 is 6.10 Å². The third kappa shape index (κ3) is 6.90. The van der Waals surface area contributed by atoms with Gasteiger partial charge in [-0.2, -0.15) is 0 Å². The van der Waals surface area contributed by atoms with Gasteiger partial charge in [-0.15, -0.1) is 0 Å². The number of quaternary nitrogens is 1. The number of nitrogens with zero attached hydrogens (tertiary/aromatic N) is 2. The normalized spacial score (nSPS) is 14.1. The number of carbonyl (C=O) groups is 1. The number of rotatable bonds is 9. The fourth-order valence-corrected chi connectivity index (χ4v) is 1.55. The van der Waals surface area contributed by atoms with Crippen molar-refractivity contribution in [2.75, 3.05) is 46.9 Å². The molecule has 0 heterocycles. The van der Waals surface area contributed by atoms with Crippen LogP contribution < -0.4 is 5.73 Å². The van der Waals surface area contributed by atoms with Gasteiger partial charge in [0.05, 0.1) is 20.6 Å². The van der Waals surface area contributed by atoms with Crippen LogP contribution in [0, 0.1) is 0 Å². The number of hydrogen-bond acceptors (Lipinski definition) is 4. The lowest BCUT2D eigenvalue weighted by atomic mass is 10.2. The highest BCUT2D eigenvalue weighted by atomic mass is 16.3. The molecular weight excluding hydrogens is 206 g/mol. The molecule has 3 N–H and O–H groups in total. The first-order valence-electron chi connectivity index (χ1n) is 5.81. The molecule has 0 radical (unpaired) electrons. The van der Waals surface area contributed by atoms with Gasteiger partial charge in [0.15, 0.2) is 0 Å². The topological polar surface area (TPSA) is 66.6 Å². The van der Waals surface area contributed by atoms with Crippen molar-refractivity contribution >= 4 is 6.29 Å². The molecule has 0 aromatic carbocycles. The molecule has 0 aromatic heterocycles. The minimum absolute atomic E-state index is 0.379. The molecule has 0 saturated carbocycles. The van der Waals surface area contributed by atoms with Gasteiger partial charge in [0.25, 0.3) is 0 Å². The van der Waals surface area contributed by atoms with Crippen LogP contribution in [0.4, 0.5) is 0 Å². The molecule has 0 aromatic rings. The second-order valence-corrected chi connectivity index (χ2v) is 4.80. The largest absolute Gasteiger partial charge is 0.386 e. The molecule has 0 spiro atoms. The fourth-order valence-electron chi connectivity index (χ4n) is 1.55. The molecule has 5 heteroatoms. The molecule has 5 nitrogen and oxygen atoms in total. The summed E-state index contributed by atoms with van der Waals surface area (Å²) in [5.74, 6) is 0. The van der Waals surface area contributed by atoms with Crippen molar-refractivity contribution in [3.8, 4) is 0 Å². The maximum Gasteiger partial charge on any atom is 0.121 e. The number of hydrogen-bond donors (Lipinski definition) is 2. The predicted octanol–water partition coefficient (Wildman–Crippen LogP) is -0.749. The monoisotopic (exact) mass is 232 g/mol. The number of aliphatic hydroxyl groups excluding tert-OH is 1. The highest BCUT2D eigenvalue weighted by Crippen LogP contribution is 2.01. The van der Waals surface area contributed by atoms with Crippen LogP contribution in [0.1, 0.15) is 13.3 Å². The Bertz CT molecular complexity index is 198. The summed E-state index contributed by atoms with van der Waals surface area (Å²) < 4.78 is 0.785. The van der Waals surface area contributed by atoms with E-state index in [0.29, 0.717) is 32.7 Å². The molecule has 0 saturated heterocycles. The molecule has 0 amide bonds. The van der Waals surface area contributed by atoms with Gasteiger partial charge in [0, 0.05) is 26.2 Å². The van der Waals surface area contributed by atoms with Crippen molar-refractivity contribution in [1.82, 2.24) is 4.90 Å². The van der Waals surface area contributed by atoms with Crippen LogP contribution in [0.25, 0.3) is 0 Å². The van der Waals surface area contributed by atoms with Gasteiger partial charge in [-0.3, -0.25) is 4.90 Å². The van der Waals surface area contributed by atoms with Crippen molar-refractivity contribution in [2.45, 2.75) is 19.4 Å². The Hall–Kier alpha value is -0.490. The number of carbonyl (C=O) groups excluding carboxylic acids is 1. The Morgan fingerprint density at radius 2 is 2.12 bits per heavy atom. The lowest BCUT2D eigenvalue weighted by Crippen LogP contribution is -2.49. The first kappa shape index (κ1) is 15.5. The second-order valence-electron chi connectivity index (χ2n) is 4.80. The third-order valence-electron chi connectivity index (χ3n) is 2.85. The first-order valence-corrected chi connectivity index (χ1v) is 5.81. The Labute approximate surface area is 98.4 Å². The van der Waals surface area contributed by atoms with E-state index in [1.54, 1.807) is 0 Å². The molecule has 0 aliphatic heterocycles. The Kier molecular flexibility index (Phi) is 7.49. The summed E-state index contributed by atoms with van der Waals surface area (Å²) in [6, 6.07) is 0. The molecule has 0 fully saturated rings. The molecule has 1 unspecified atom stereocenters. The lowest BCUT2D eigenvalue weighted by Gasteiger charge is -2.32. The van der Waals surface area contributed by atoms with Gasteiger partial charge in [0.1, 0.15) is 18.9 Å². The van der Waals surface area contributed by atoms with Gasteiger partial charge < -0.3 is 20.1 Å². The van der Waals surface area contributed by atoms with E-state index in [2.05, 4.69) is 21.0 Å². The minimum Gasteiger partial charge on any atom is -0.386 e. The lowest BCUT2D eigenvalue weighted by molar-refractivity contribution is -0.891. The molecule has 0 aliphatic carbocycles. The minimum atomic E-state index is -0.398. The number of aliphatic hydroxyl groups is 1. The molecule has 0 bridgehead atoms. The van der Waals surface area contributed by atoms with Gasteiger partial charge in [0.2, 0.25) is 0 Å². The molecule has 0 aliphatic rings. The zero-order chi connectivity index (χ0) is 12.6. The molecule has 96 valence electrons. The fraction of sp³-hybridized carbons (Fsp3) is 0.909. The van der Waals surface area contributed by atoms with Gasteiger partial charge in [-0.1, -0.05) is 0 Å². The first-order chi connectivity index (χ1) is 7.45. The van der Waals surface area contributed by atoms with E-state index in [1.807, 2.05) is 4.90 Å². The van der Waals surface area contributed by atoms with Crippen LogP contribution in [-0.4, -0.2) is 73.8 Å².